The lowest BCUT2D eigenvalue weighted by atomic mass is 10.2. The summed E-state index contributed by atoms with van der Waals surface area (Å²) in [5, 5.41) is 0. The number of carbonyl (C=O) groups excluding carboxylic acids is 1. The van der Waals surface area contributed by atoms with Crippen molar-refractivity contribution in [3.63, 3.8) is 0 Å². The third kappa shape index (κ3) is 2.89. The Balaban J connectivity index is 2.03. The van der Waals surface area contributed by atoms with Crippen LogP contribution in [0.5, 0.6) is 0 Å². The van der Waals surface area contributed by atoms with Gasteiger partial charge in [-0.3, -0.25) is 9.36 Å². The third-order valence-corrected chi connectivity index (χ3v) is 5.80. The number of hydrogen-bond acceptors (Lipinski definition) is 5. The standard InChI is InChI=1S/C14H17N3O5S/c15-13(18)9-17-11-5-4-10(8-12(11)22-14(17)19)23(20,21)16-6-2-1-3-7-16/h4-5,8H,1-3,6-7,9H2,(H2,15,18). The third-order valence-electron chi connectivity index (χ3n) is 3.91. The minimum absolute atomic E-state index is 0.0758. The van der Waals surface area contributed by atoms with E-state index in [1.807, 2.05) is 0 Å². The van der Waals surface area contributed by atoms with Gasteiger partial charge >= 0.3 is 5.76 Å². The average molecular weight is 339 g/mol. The van der Waals surface area contributed by atoms with Gasteiger partial charge in [0.25, 0.3) is 0 Å². The Bertz CT molecular complexity index is 906. The van der Waals surface area contributed by atoms with Gasteiger partial charge in [0.2, 0.25) is 15.9 Å². The highest BCUT2D eigenvalue weighted by molar-refractivity contribution is 7.89. The van der Waals surface area contributed by atoms with Crippen molar-refractivity contribution < 1.29 is 17.6 Å². The van der Waals surface area contributed by atoms with E-state index < -0.39 is 21.7 Å². The Hall–Kier alpha value is -2.13. The topological polar surface area (TPSA) is 116 Å². The maximum absolute atomic E-state index is 12.6. The number of sulfonamides is 1. The van der Waals surface area contributed by atoms with Gasteiger partial charge in [-0.1, -0.05) is 6.42 Å². The van der Waals surface area contributed by atoms with E-state index in [4.69, 9.17) is 10.2 Å². The van der Waals surface area contributed by atoms with E-state index in [1.165, 1.54) is 22.5 Å². The number of oxazole rings is 1. The summed E-state index contributed by atoms with van der Waals surface area (Å²) in [5.74, 6) is -1.42. The molecule has 124 valence electrons. The zero-order chi connectivity index (χ0) is 16.6. The molecule has 3 rings (SSSR count). The van der Waals surface area contributed by atoms with Crippen LogP contribution < -0.4 is 11.5 Å². The average Bonchev–Trinajstić information content (AvgIpc) is 2.83. The summed E-state index contributed by atoms with van der Waals surface area (Å²) in [5.41, 5.74) is 5.56. The van der Waals surface area contributed by atoms with Crippen LogP contribution in [0.2, 0.25) is 0 Å². The van der Waals surface area contributed by atoms with E-state index in [0.29, 0.717) is 18.6 Å². The number of hydrogen-bond donors (Lipinski definition) is 1. The number of nitrogens with zero attached hydrogens (tertiary/aromatic N) is 2. The molecule has 2 aromatic rings. The highest BCUT2D eigenvalue weighted by Crippen LogP contribution is 2.24. The van der Waals surface area contributed by atoms with Crippen molar-refractivity contribution in [2.75, 3.05) is 13.1 Å². The number of benzene rings is 1. The Labute approximate surface area is 132 Å². The molecule has 1 aromatic heterocycles. The second kappa shape index (κ2) is 5.82. The number of piperidine rings is 1. The summed E-state index contributed by atoms with van der Waals surface area (Å²) in [6.07, 6.45) is 2.70. The fraction of sp³-hybridized carbons (Fsp3) is 0.429. The van der Waals surface area contributed by atoms with Crippen molar-refractivity contribution in [2.24, 2.45) is 5.73 Å². The Kier molecular flexibility index (Phi) is 3.99. The highest BCUT2D eigenvalue weighted by atomic mass is 32.2. The van der Waals surface area contributed by atoms with E-state index in [0.717, 1.165) is 23.8 Å². The number of fused-ring (bicyclic) bond motifs is 1. The Morgan fingerprint density at radius 3 is 2.57 bits per heavy atom. The molecule has 0 spiro atoms. The number of aromatic nitrogens is 1. The first kappa shape index (κ1) is 15.8. The molecule has 0 unspecified atom stereocenters. The number of nitrogens with two attached hydrogens (primary N) is 1. The lowest BCUT2D eigenvalue weighted by Crippen LogP contribution is -2.35. The quantitative estimate of drug-likeness (QED) is 0.857. The second-order valence-electron chi connectivity index (χ2n) is 5.51. The van der Waals surface area contributed by atoms with Crippen molar-refractivity contribution in [3.05, 3.63) is 28.7 Å². The molecule has 8 nitrogen and oxygen atoms in total. The van der Waals surface area contributed by atoms with E-state index in [2.05, 4.69) is 0 Å². The van der Waals surface area contributed by atoms with E-state index >= 15 is 0 Å². The normalized spacial score (nSPS) is 16.7. The lowest BCUT2D eigenvalue weighted by Gasteiger charge is -2.25. The fourth-order valence-corrected chi connectivity index (χ4v) is 4.30. The smallest absolute Gasteiger partial charge is 0.408 e. The molecule has 0 radical (unpaired) electrons. The van der Waals surface area contributed by atoms with Crippen LogP contribution in [-0.2, 0) is 21.4 Å². The molecule has 23 heavy (non-hydrogen) atoms. The first-order valence-electron chi connectivity index (χ1n) is 7.31. The van der Waals surface area contributed by atoms with Gasteiger partial charge in [0, 0.05) is 19.2 Å². The van der Waals surface area contributed by atoms with Crippen molar-refractivity contribution in [2.45, 2.75) is 30.7 Å². The van der Waals surface area contributed by atoms with Gasteiger partial charge in [-0.15, -0.1) is 0 Å². The zero-order valence-corrected chi connectivity index (χ0v) is 13.2. The van der Waals surface area contributed by atoms with Crippen molar-refractivity contribution in [1.29, 1.82) is 0 Å². The molecule has 1 saturated heterocycles. The van der Waals surface area contributed by atoms with Crippen LogP contribution in [0, 0.1) is 0 Å². The molecular weight excluding hydrogens is 322 g/mol. The van der Waals surface area contributed by atoms with Crippen LogP contribution in [-0.4, -0.2) is 36.3 Å². The molecule has 9 heteroatoms. The molecule has 1 fully saturated rings. The number of carbonyl (C=O) groups is 1. The maximum atomic E-state index is 12.6. The van der Waals surface area contributed by atoms with E-state index in [1.54, 1.807) is 0 Å². The minimum atomic E-state index is -3.61. The first-order valence-corrected chi connectivity index (χ1v) is 8.75. The SMILES string of the molecule is NC(=O)Cn1c(=O)oc2cc(S(=O)(=O)N3CCCCC3)ccc21. The van der Waals surface area contributed by atoms with Crippen LogP contribution in [0.15, 0.2) is 32.3 Å². The summed E-state index contributed by atoms with van der Waals surface area (Å²) in [7, 11) is -3.61. The fourth-order valence-electron chi connectivity index (χ4n) is 2.77. The van der Waals surface area contributed by atoms with Gasteiger partial charge < -0.3 is 10.2 Å². The predicted octanol–water partition coefficient (Wildman–Crippen LogP) is 0.254. The van der Waals surface area contributed by atoms with Crippen LogP contribution in [0.1, 0.15) is 19.3 Å². The van der Waals surface area contributed by atoms with Gasteiger partial charge in [-0.2, -0.15) is 4.31 Å². The summed E-state index contributed by atoms with van der Waals surface area (Å²) < 4.78 is 32.8. The molecule has 2 N–H and O–H groups in total. The first-order chi connectivity index (χ1) is 10.9. The van der Waals surface area contributed by atoms with Crippen LogP contribution in [0.4, 0.5) is 0 Å². The van der Waals surface area contributed by atoms with Crippen LogP contribution in [0.25, 0.3) is 11.1 Å². The molecule has 0 saturated carbocycles. The second-order valence-corrected chi connectivity index (χ2v) is 7.45. The van der Waals surface area contributed by atoms with Crippen LogP contribution >= 0.6 is 0 Å². The van der Waals surface area contributed by atoms with Crippen molar-refractivity contribution in [1.82, 2.24) is 8.87 Å². The Morgan fingerprint density at radius 2 is 1.91 bits per heavy atom. The molecule has 0 aliphatic carbocycles. The van der Waals surface area contributed by atoms with Gasteiger partial charge in [-0.25, -0.2) is 13.2 Å². The predicted molar refractivity (Wildman–Crippen MR) is 82.3 cm³/mol. The summed E-state index contributed by atoms with van der Waals surface area (Å²) in [6, 6.07) is 4.19. The molecule has 1 amide bonds. The van der Waals surface area contributed by atoms with Crippen molar-refractivity contribution >= 4 is 27.0 Å². The van der Waals surface area contributed by atoms with Crippen LogP contribution in [0.3, 0.4) is 0 Å². The molecule has 0 atom stereocenters. The Morgan fingerprint density at radius 1 is 1.22 bits per heavy atom. The molecular formula is C14H17N3O5S. The zero-order valence-electron chi connectivity index (χ0n) is 12.4. The maximum Gasteiger partial charge on any atom is 0.420 e. The monoisotopic (exact) mass is 339 g/mol. The minimum Gasteiger partial charge on any atom is -0.408 e. The largest absolute Gasteiger partial charge is 0.420 e. The van der Waals surface area contributed by atoms with E-state index in [-0.39, 0.29) is 17.0 Å². The molecule has 0 bridgehead atoms. The van der Waals surface area contributed by atoms with Gasteiger partial charge in [-0.05, 0) is 25.0 Å². The summed E-state index contributed by atoms with van der Waals surface area (Å²) in [4.78, 5) is 22.9. The number of amides is 1. The summed E-state index contributed by atoms with van der Waals surface area (Å²) >= 11 is 0. The number of rotatable bonds is 4. The molecule has 1 aliphatic heterocycles. The summed E-state index contributed by atoms with van der Waals surface area (Å²) in [6.45, 7) is 0.671. The van der Waals surface area contributed by atoms with E-state index in [9.17, 15) is 18.0 Å². The number of primary amides is 1. The molecule has 1 aromatic carbocycles. The van der Waals surface area contributed by atoms with Gasteiger partial charge in [0.05, 0.1) is 10.4 Å². The van der Waals surface area contributed by atoms with Gasteiger partial charge in [0.1, 0.15) is 6.54 Å². The molecule has 2 heterocycles. The highest BCUT2D eigenvalue weighted by Gasteiger charge is 2.26. The van der Waals surface area contributed by atoms with Gasteiger partial charge in [0.15, 0.2) is 5.58 Å². The lowest BCUT2D eigenvalue weighted by molar-refractivity contribution is -0.118. The molecule has 1 aliphatic rings. The van der Waals surface area contributed by atoms with Crippen molar-refractivity contribution in [3.8, 4) is 0 Å².